The van der Waals surface area contributed by atoms with E-state index in [1.807, 2.05) is 50.2 Å². The second kappa shape index (κ2) is 8.57. The lowest BCUT2D eigenvalue weighted by atomic mass is 10.0. The average Bonchev–Trinajstić information content (AvgIpc) is 3.25. The largest absolute Gasteiger partial charge is 0.337 e. The van der Waals surface area contributed by atoms with Gasteiger partial charge >= 0.3 is 0 Å². The molecule has 31 heavy (non-hydrogen) atoms. The minimum absolute atomic E-state index is 0.106. The van der Waals surface area contributed by atoms with Crippen molar-refractivity contribution in [3.8, 4) is 0 Å². The lowest BCUT2D eigenvalue weighted by Crippen LogP contribution is -2.37. The molecule has 0 saturated carbocycles. The molecule has 3 aromatic rings. The van der Waals surface area contributed by atoms with Gasteiger partial charge in [-0.3, -0.25) is 4.79 Å². The Morgan fingerprint density at radius 1 is 1.10 bits per heavy atom. The van der Waals surface area contributed by atoms with Gasteiger partial charge in [0, 0.05) is 26.7 Å². The maximum atomic E-state index is 13.4. The fourth-order valence-electron chi connectivity index (χ4n) is 3.99. The van der Waals surface area contributed by atoms with Crippen molar-refractivity contribution in [1.82, 2.24) is 9.21 Å². The molecule has 1 aliphatic heterocycles. The predicted molar refractivity (Wildman–Crippen MR) is 124 cm³/mol. The number of carbonyl (C=O) groups excluding carboxylic acids is 1. The van der Waals surface area contributed by atoms with Gasteiger partial charge in [0.15, 0.2) is 0 Å². The number of hydrogen-bond acceptors (Lipinski definition) is 4. The Bertz CT molecular complexity index is 1230. The van der Waals surface area contributed by atoms with E-state index in [9.17, 15) is 13.2 Å². The first kappa shape index (κ1) is 21.7. The van der Waals surface area contributed by atoms with Crippen LogP contribution >= 0.6 is 11.3 Å². The highest BCUT2D eigenvalue weighted by molar-refractivity contribution is 7.89. The molecular weight excluding hydrogens is 428 g/mol. The summed E-state index contributed by atoms with van der Waals surface area (Å²) in [6.07, 6.45) is 0.676. The minimum atomic E-state index is -3.76. The van der Waals surface area contributed by atoms with Crippen LogP contribution in [0.2, 0.25) is 0 Å². The summed E-state index contributed by atoms with van der Waals surface area (Å²) in [7, 11) is -2.04. The van der Waals surface area contributed by atoms with E-state index < -0.39 is 10.0 Å². The molecule has 0 radical (unpaired) electrons. The smallest absolute Gasteiger partial charge is 0.265 e. The van der Waals surface area contributed by atoms with Crippen LogP contribution in [0, 0.1) is 13.8 Å². The van der Waals surface area contributed by atoms with Gasteiger partial charge in [0.05, 0.1) is 0 Å². The van der Waals surface area contributed by atoms with Crippen LogP contribution in [0.4, 0.5) is 0 Å². The summed E-state index contributed by atoms with van der Waals surface area (Å²) in [5.74, 6) is -0.272. The molecule has 1 aliphatic rings. The number of fused-ring (bicyclic) bond motifs is 1. The van der Waals surface area contributed by atoms with Crippen molar-refractivity contribution >= 4 is 27.3 Å². The van der Waals surface area contributed by atoms with E-state index >= 15 is 0 Å². The first-order chi connectivity index (χ1) is 14.8. The monoisotopic (exact) mass is 454 g/mol. The number of nitrogens with zero attached hydrogens (tertiary/aromatic N) is 2. The molecule has 162 valence electrons. The second-order valence-corrected chi connectivity index (χ2v) is 10.9. The Morgan fingerprint density at radius 2 is 1.84 bits per heavy atom. The number of amides is 1. The standard InChI is InChI=1S/C24H26N2O3S2/c1-17-8-9-20(18(2)14-17)15-25(3)24(27)23-22(11-13-30-23)31(28,29)26-12-10-19-6-4-5-7-21(19)16-26/h4-9,11,13-14H,10,12,15-16H2,1-3H3. The fourth-order valence-corrected chi connectivity index (χ4v) is 6.80. The number of rotatable bonds is 5. The first-order valence-corrected chi connectivity index (χ1v) is 12.6. The number of benzene rings is 2. The van der Waals surface area contributed by atoms with Crippen LogP contribution < -0.4 is 0 Å². The van der Waals surface area contributed by atoms with Crippen molar-refractivity contribution in [3.05, 3.63) is 86.6 Å². The van der Waals surface area contributed by atoms with Crippen molar-refractivity contribution < 1.29 is 13.2 Å². The Kier molecular flexibility index (Phi) is 6.01. The highest BCUT2D eigenvalue weighted by Gasteiger charge is 2.33. The van der Waals surface area contributed by atoms with Crippen LogP contribution in [0.25, 0.3) is 0 Å². The lowest BCUT2D eigenvalue weighted by Gasteiger charge is -2.28. The second-order valence-electron chi connectivity index (χ2n) is 8.06. The molecule has 4 rings (SSSR count). The van der Waals surface area contributed by atoms with E-state index in [2.05, 4.69) is 6.07 Å². The van der Waals surface area contributed by atoms with E-state index in [0.29, 0.717) is 26.1 Å². The molecule has 0 N–H and O–H groups in total. The van der Waals surface area contributed by atoms with E-state index in [1.165, 1.54) is 26.8 Å². The number of sulfonamides is 1. The number of carbonyl (C=O) groups is 1. The zero-order chi connectivity index (χ0) is 22.2. The maximum absolute atomic E-state index is 13.4. The topological polar surface area (TPSA) is 57.7 Å². The van der Waals surface area contributed by atoms with Crippen molar-refractivity contribution in [2.24, 2.45) is 0 Å². The number of thiophene rings is 1. The summed E-state index contributed by atoms with van der Waals surface area (Å²) in [6.45, 7) is 5.24. The molecular formula is C24H26N2O3S2. The molecule has 0 spiro atoms. The fraction of sp³-hybridized carbons (Fsp3) is 0.292. The first-order valence-electron chi connectivity index (χ1n) is 10.2. The highest BCUT2D eigenvalue weighted by Crippen LogP contribution is 2.30. The van der Waals surface area contributed by atoms with Crippen LogP contribution in [-0.4, -0.2) is 37.1 Å². The van der Waals surface area contributed by atoms with Gasteiger partial charge in [0.25, 0.3) is 5.91 Å². The van der Waals surface area contributed by atoms with Crippen LogP contribution in [0.1, 0.15) is 37.5 Å². The van der Waals surface area contributed by atoms with Gasteiger partial charge in [0.2, 0.25) is 10.0 Å². The van der Waals surface area contributed by atoms with Gasteiger partial charge in [-0.05, 0) is 54.0 Å². The summed E-state index contributed by atoms with van der Waals surface area (Å²) in [5.41, 5.74) is 5.54. The minimum Gasteiger partial charge on any atom is -0.337 e. The van der Waals surface area contributed by atoms with Crippen molar-refractivity contribution in [3.63, 3.8) is 0 Å². The van der Waals surface area contributed by atoms with Gasteiger partial charge in [-0.1, -0.05) is 48.0 Å². The molecule has 7 heteroatoms. The molecule has 0 fully saturated rings. The van der Waals surface area contributed by atoms with E-state index in [-0.39, 0.29) is 15.7 Å². The SMILES string of the molecule is Cc1ccc(CN(C)C(=O)c2sccc2S(=O)(=O)N2CCc3ccccc3C2)c(C)c1. The van der Waals surface area contributed by atoms with E-state index in [1.54, 1.807) is 23.4 Å². The molecule has 5 nitrogen and oxygen atoms in total. The van der Waals surface area contributed by atoms with Crippen molar-refractivity contribution in [2.45, 2.75) is 38.3 Å². The number of aryl methyl sites for hydroxylation is 2. The lowest BCUT2D eigenvalue weighted by molar-refractivity contribution is 0.0786. The highest BCUT2D eigenvalue weighted by atomic mass is 32.2. The molecule has 0 unspecified atom stereocenters. The molecule has 2 aromatic carbocycles. The third-order valence-corrected chi connectivity index (χ3v) is 8.71. The zero-order valence-corrected chi connectivity index (χ0v) is 19.6. The maximum Gasteiger partial charge on any atom is 0.265 e. The summed E-state index contributed by atoms with van der Waals surface area (Å²) in [5, 5.41) is 1.68. The van der Waals surface area contributed by atoms with Crippen molar-refractivity contribution in [1.29, 1.82) is 0 Å². The van der Waals surface area contributed by atoms with Crippen molar-refractivity contribution in [2.75, 3.05) is 13.6 Å². The zero-order valence-electron chi connectivity index (χ0n) is 18.0. The van der Waals surface area contributed by atoms with E-state index in [0.717, 1.165) is 16.7 Å². The quantitative estimate of drug-likeness (QED) is 0.575. The molecule has 2 heterocycles. The summed E-state index contributed by atoms with van der Waals surface area (Å²) < 4.78 is 28.3. The van der Waals surface area contributed by atoms with Gasteiger partial charge in [-0.15, -0.1) is 11.3 Å². The Morgan fingerprint density at radius 3 is 2.58 bits per heavy atom. The summed E-state index contributed by atoms with van der Waals surface area (Å²) >= 11 is 1.18. The normalized spacial score (nSPS) is 14.3. The van der Waals surface area contributed by atoms with Gasteiger partial charge in [0.1, 0.15) is 9.77 Å². The molecule has 0 aliphatic carbocycles. The summed E-state index contributed by atoms with van der Waals surface area (Å²) in [6, 6.07) is 15.6. The van der Waals surface area contributed by atoms with Gasteiger partial charge < -0.3 is 4.90 Å². The van der Waals surface area contributed by atoms with Gasteiger partial charge in [-0.25, -0.2) is 8.42 Å². The number of hydrogen-bond donors (Lipinski definition) is 0. The molecule has 0 atom stereocenters. The van der Waals surface area contributed by atoms with Gasteiger partial charge in [-0.2, -0.15) is 4.31 Å². The predicted octanol–water partition coefficient (Wildman–Crippen LogP) is 4.38. The Hall–Kier alpha value is -2.48. The molecule has 1 amide bonds. The van der Waals surface area contributed by atoms with Crippen LogP contribution in [0.5, 0.6) is 0 Å². The molecule has 0 bridgehead atoms. The third-order valence-electron chi connectivity index (χ3n) is 5.79. The Labute approximate surface area is 188 Å². The summed E-state index contributed by atoms with van der Waals surface area (Å²) in [4.78, 5) is 15.2. The Balaban J connectivity index is 1.57. The van der Waals surface area contributed by atoms with E-state index in [4.69, 9.17) is 0 Å². The van der Waals surface area contributed by atoms with Crippen LogP contribution in [0.15, 0.2) is 58.8 Å². The molecule has 1 aromatic heterocycles. The van der Waals surface area contributed by atoms with Crippen LogP contribution in [-0.2, 0) is 29.5 Å². The molecule has 0 saturated heterocycles. The third kappa shape index (κ3) is 4.31. The van der Waals surface area contributed by atoms with Crippen LogP contribution in [0.3, 0.4) is 0 Å². The average molecular weight is 455 g/mol.